The van der Waals surface area contributed by atoms with Crippen LogP contribution in [0.25, 0.3) is 0 Å². The van der Waals surface area contributed by atoms with E-state index < -0.39 is 0 Å². The molecule has 1 aromatic rings. The maximum absolute atomic E-state index is 11.7. The number of carbonyl (C=O) groups excluding carboxylic acids is 1. The Balaban J connectivity index is 1.28. The first kappa shape index (κ1) is 19.6. The van der Waals surface area contributed by atoms with Crippen LogP contribution in [0.1, 0.15) is 94.7 Å². The summed E-state index contributed by atoms with van der Waals surface area (Å²) in [5.41, 5.74) is 3.24. The van der Waals surface area contributed by atoms with Crippen LogP contribution in [0, 0.1) is 11.8 Å². The molecule has 3 nitrogen and oxygen atoms in total. The number of fused-ring (bicyclic) bond motifs is 4. The molecule has 4 atom stereocenters. The van der Waals surface area contributed by atoms with Crippen LogP contribution in [0.4, 0.5) is 0 Å². The van der Waals surface area contributed by atoms with E-state index in [2.05, 4.69) is 34.5 Å². The van der Waals surface area contributed by atoms with Crippen molar-refractivity contribution in [2.24, 2.45) is 11.8 Å². The Bertz CT molecular complexity index is 722. The van der Waals surface area contributed by atoms with Gasteiger partial charge in [-0.25, -0.2) is 0 Å². The minimum Gasteiger partial charge on any atom is -0.350 e. The second-order valence-electron chi connectivity index (χ2n) is 10.5. The minimum absolute atomic E-state index is 0.0915. The molecule has 158 valence electrons. The van der Waals surface area contributed by atoms with Gasteiger partial charge < -0.3 is 10.2 Å². The largest absolute Gasteiger partial charge is 0.350 e. The molecule has 5 rings (SSSR count). The summed E-state index contributed by atoms with van der Waals surface area (Å²) < 4.78 is 0. The molecule has 1 aromatic carbocycles. The third-order valence-electron chi connectivity index (χ3n) is 8.93. The number of hydrogen-bond donors (Lipinski definition) is 1. The minimum atomic E-state index is 0.0915. The zero-order chi connectivity index (χ0) is 19.8. The van der Waals surface area contributed by atoms with Crippen molar-refractivity contribution in [1.82, 2.24) is 10.2 Å². The van der Waals surface area contributed by atoms with Crippen molar-refractivity contribution in [2.75, 3.05) is 13.1 Å². The maximum Gasteiger partial charge on any atom is 0.217 e. The van der Waals surface area contributed by atoms with Gasteiger partial charge in [0.1, 0.15) is 0 Å². The number of hydrogen-bond acceptors (Lipinski definition) is 2. The van der Waals surface area contributed by atoms with Gasteiger partial charge in [0.15, 0.2) is 0 Å². The lowest BCUT2D eigenvalue weighted by Gasteiger charge is -2.49. The Hall–Kier alpha value is -1.35. The highest BCUT2D eigenvalue weighted by Crippen LogP contribution is 2.49. The Morgan fingerprint density at radius 2 is 1.59 bits per heavy atom. The fraction of sp³-hybridized carbons (Fsp3) is 0.731. The summed E-state index contributed by atoms with van der Waals surface area (Å²) in [4.78, 5) is 14.6. The first-order valence-electron chi connectivity index (χ1n) is 12.2. The predicted molar refractivity (Wildman–Crippen MR) is 118 cm³/mol. The summed E-state index contributed by atoms with van der Waals surface area (Å²) in [6.07, 6.45) is 15.3. The molecule has 2 unspecified atom stereocenters. The van der Waals surface area contributed by atoms with Crippen LogP contribution >= 0.6 is 0 Å². The van der Waals surface area contributed by atoms with Gasteiger partial charge >= 0.3 is 0 Å². The van der Waals surface area contributed by atoms with Gasteiger partial charge in [-0.3, -0.25) is 4.79 Å². The highest BCUT2D eigenvalue weighted by Gasteiger charge is 2.43. The van der Waals surface area contributed by atoms with E-state index in [1.54, 1.807) is 6.92 Å². The number of rotatable bonds is 2. The molecule has 1 N–H and O–H groups in total. The zero-order valence-corrected chi connectivity index (χ0v) is 18.2. The van der Waals surface area contributed by atoms with Gasteiger partial charge in [-0.2, -0.15) is 0 Å². The van der Waals surface area contributed by atoms with Gasteiger partial charge in [-0.1, -0.05) is 37.1 Å². The van der Waals surface area contributed by atoms with Gasteiger partial charge in [0, 0.05) is 13.0 Å². The van der Waals surface area contributed by atoms with E-state index in [9.17, 15) is 4.79 Å². The lowest BCUT2D eigenvalue weighted by molar-refractivity contribution is -0.119. The molecule has 29 heavy (non-hydrogen) atoms. The topological polar surface area (TPSA) is 32.3 Å². The lowest BCUT2D eigenvalue weighted by Crippen LogP contribution is -2.49. The summed E-state index contributed by atoms with van der Waals surface area (Å²) >= 11 is 0. The molecule has 0 radical (unpaired) electrons. The predicted octanol–water partition coefficient (Wildman–Crippen LogP) is 5.35. The van der Waals surface area contributed by atoms with Crippen molar-refractivity contribution >= 4 is 5.91 Å². The number of likely N-dealkylation sites (tertiary alicyclic amines) is 1. The molecule has 4 aliphatic rings. The van der Waals surface area contributed by atoms with E-state index >= 15 is 0 Å². The van der Waals surface area contributed by atoms with Crippen molar-refractivity contribution in [3.63, 3.8) is 0 Å². The van der Waals surface area contributed by atoms with E-state index in [4.69, 9.17) is 0 Å². The first-order chi connectivity index (χ1) is 14.1. The molecular weight excluding hydrogens is 356 g/mol. The monoisotopic (exact) mass is 394 g/mol. The number of nitrogens with one attached hydrogen (secondary N) is 1. The molecule has 0 aromatic heterocycles. The maximum atomic E-state index is 11.7. The molecule has 2 saturated carbocycles. The third-order valence-corrected chi connectivity index (χ3v) is 8.93. The quantitative estimate of drug-likeness (QED) is 0.733. The highest BCUT2D eigenvalue weighted by molar-refractivity contribution is 5.73. The smallest absolute Gasteiger partial charge is 0.217 e. The van der Waals surface area contributed by atoms with Gasteiger partial charge in [-0.15, -0.1) is 0 Å². The van der Waals surface area contributed by atoms with Crippen LogP contribution in [0.3, 0.4) is 0 Å². The molecule has 3 heteroatoms. The average molecular weight is 395 g/mol. The molecule has 2 bridgehead atoms. The van der Waals surface area contributed by atoms with Crippen molar-refractivity contribution in [3.05, 3.63) is 35.4 Å². The molecule has 3 aliphatic carbocycles. The Morgan fingerprint density at radius 1 is 0.931 bits per heavy atom. The second kappa shape index (κ2) is 8.06. The lowest BCUT2D eigenvalue weighted by atomic mass is 9.63. The number of amides is 1. The number of carbonyl (C=O) groups is 1. The van der Waals surface area contributed by atoms with Gasteiger partial charge in [0.25, 0.3) is 0 Å². The normalized spacial score (nSPS) is 34.2. The van der Waals surface area contributed by atoms with Crippen molar-refractivity contribution < 1.29 is 4.79 Å². The molecule has 3 fully saturated rings. The summed E-state index contributed by atoms with van der Waals surface area (Å²) in [7, 11) is 0. The molecule has 1 aliphatic heterocycles. The third kappa shape index (κ3) is 3.87. The SMILES string of the molecule is CC(=O)N[C@H]1CCC2(CCN(C3CCC4CC[C@@H](CC3)C4)CC2)c2ccccc21. The Labute approximate surface area is 176 Å². The number of benzene rings is 1. The van der Waals surface area contributed by atoms with E-state index in [0.717, 1.165) is 24.3 Å². The van der Waals surface area contributed by atoms with Crippen LogP contribution < -0.4 is 5.32 Å². The molecular formula is C26H38N2O. The van der Waals surface area contributed by atoms with Crippen molar-refractivity contribution in [2.45, 2.75) is 95.1 Å². The fourth-order valence-electron chi connectivity index (χ4n) is 7.30. The van der Waals surface area contributed by atoms with Crippen LogP contribution in [-0.2, 0) is 10.2 Å². The van der Waals surface area contributed by atoms with Crippen LogP contribution in [0.15, 0.2) is 24.3 Å². The standard InChI is InChI=1S/C26H38N2O/c1-19(29)27-25-12-13-26(24-5-3-2-4-23(24)25)14-16-28(17-15-26)22-10-8-20-6-7-21(18-20)9-11-22/h2-5,20-22,25H,6-18H2,1H3,(H,27,29)/t20-,21?,22?,25-/m0/s1. The van der Waals surface area contributed by atoms with Gasteiger partial charge in [0.2, 0.25) is 5.91 Å². The zero-order valence-electron chi connectivity index (χ0n) is 18.2. The highest BCUT2D eigenvalue weighted by atomic mass is 16.1. The van der Waals surface area contributed by atoms with Crippen LogP contribution in [0.5, 0.6) is 0 Å². The summed E-state index contributed by atoms with van der Waals surface area (Å²) in [6.45, 7) is 4.17. The van der Waals surface area contributed by atoms with Crippen molar-refractivity contribution in [3.8, 4) is 0 Å². The fourth-order valence-corrected chi connectivity index (χ4v) is 7.30. The summed E-state index contributed by atoms with van der Waals surface area (Å²) in [6, 6.07) is 9.99. The molecule has 1 heterocycles. The van der Waals surface area contributed by atoms with Crippen molar-refractivity contribution in [1.29, 1.82) is 0 Å². The van der Waals surface area contributed by atoms with Gasteiger partial charge in [0.05, 0.1) is 6.04 Å². The number of nitrogens with zero attached hydrogens (tertiary/aromatic N) is 1. The Morgan fingerprint density at radius 3 is 2.28 bits per heavy atom. The van der Waals surface area contributed by atoms with Crippen LogP contribution in [-0.4, -0.2) is 29.9 Å². The second-order valence-corrected chi connectivity index (χ2v) is 10.5. The van der Waals surface area contributed by atoms with E-state index in [1.807, 2.05) is 0 Å². The summed E-state index contributed by atoms with van der Waals surface area (Å²) in [5, 5.41) is 3.20. The molecule has 1 spiro atoms. The van der Waals surface area contributed by atoms with E-state index in [0.29, 0.717) is 5.41 Å². The van der Waals surface area contributed by atoms with E-state index in [1.165, 1.54) is 88.4 Å². The summed E-state index contributed by atoms with van der Waals surface area (Å²) in [5.74, 6) is 2.17. The average Bonchev–Trinajstić information content (AvgIpc) is 3.20. The Kier molecular flexibility index (Phi) is 5.45. The molecule has 1 saturated heterocycles. The first-order valence-corrected chi connectivity index (χ1v) is 12.2. The van der Waals surface area contributed by atoms with Gasteiger partial charge in [-0.05, 0) is 99.3 Å². The molecule has 1 amide bonds. The van der Waals surface area contributed by atoms with E-state index in [-0.39, 0.29) is 11.9 Å². The number of piperidine rings is 1. The van der Waals surface area contributed by atoms with Crippen LogP contribution in [0.2, 0.25) is 0 Å².